The summed E-state index contributed by atoms with van der Waals surface area (Å²) in [5, 5.41) is 19.3. The van der Waals surface area contributed by atoms with Crippen molar-refractivity contribution in [3.63, 3.8) is 0 Å². The Morgan fingerprint density at radius 3 is 2.48 bits per heavy atom. The Morgan fingerprint density at radius 2 is 1.85 bits per heavy atom. The molecule has 8 heteroatoms. The lowest BCUT2D eigenvalue weighted by atomic mass is 10.1. The van der Waals surface area contributed by atoms with Crippen LogP contribution in [-0.2, 0) is 18.3 Å². The summed E-state index contributed by atoms with van der Waals surface area (Å²) in [4.78, 5) is 21.8. The summed E-state index contributed by atoms with van der Waals surface area (Å²) >= 11 is 0. The van der Waals surface area contributed by atoms with Crippen LogP contribution in [0.1, 0.15) is 22.7 Å². The van der Waals surface area contributed by atoms with E-state index >= 15 is 0 Å². The van der Waals surface area contributed by atoms with Crippen LogP contribution in [0.2, 0.25) is 0 Å². The van der Waals surface area contributed by atoms with Crippen LogP contribution in [0, 0.1) is 11.3 Å². The second-order valence-corrected chi connectivity index (χ2v) is 7.54. The molecule has 0 radical (unpaired) electrons. The van der Waals surface area contributed by atoms with Gasteiger partial charge in [-0.3, -0.25) is 14.5 Å². The Hall–Kier alpha value is -4.35. The molecule has 4 rings (SSSR count). The van der Waals surface area contributed by atoms with Gasteiger partial charge in [-0.05, 0) is 29.7 Å². The predicted octanol–water partition coefficient (Wildman–Crippen LogP) is 3.26. The minimum Gasteiger partial charge on any atom is -0.308 e. The van der Waals surface area contributed by atoms with Crippen molar-refractivity contribution in [2.45, 2.75) is 12.5 Å². The summed E-state index contributed by atoms with van der Waals surface area (Å²) in [5.41, 5.74) is 4.11. The molecule has 164 valence electrons. The highest BCUT2D eigenvalue weighted by atomic mass is 16.2. The standard InChI is InChI=1S/C25H23N7O/c1-32-17-21(14-30-32)22-15-29-23(16-28-22)31-25(33)24(20-5-3-2-4-6-20)27-12-11-18-7-9-19(13-26)10-8-18/h2-10,14-17,24,27H,11-12H2,1H3,(H,29,31,33)/t24-/m1/s1. The van der Waals surface area contributed by atoms with Crippen LogP contribution >= 0.6 is 0 Å². The van der Waals surface area contributed by atoms with Crippen molar-refractivity contribution < 1.29 is 4.79 Å². The normalized spacial score (nSPS) is 11.5. The lowest BCUT2D eigenvalue weighted by molar-refractivity contribution is -0.118. The van der Waals surface area contributed by atoms with E-state index in [0.29, 0.717) is 23.6 Å². The van der Waals surface area contributed by atoms with E-state index in [1.165, 1.54) is 0 Å². The number of aromatic nitrogens is 4. The Bertz CT molecular complexity index is 1240. The molecular formula is C25H23N7O. The van der Waals surface area contributed by atoms with Crippen LogP contribution in [-0.4, -0.2) is 32.2 Å². The van der Waals surface area contributed by atoms with E-state index in [9.17, 15) is 4.79 Å². The number of carbonyl (C=O) groups excluding carboxylic acids is 1. The Kier molecular flexibility index (Phi) is 6.83. The van der Waals surface area contributed by atoms with Gasteiger partial charge in [-0.1, -0.05) is 42.5 Å². The van der Waals surface area contributed by atoms with Crippen molar-refractivity contribution in [1.82, 2.24) is 25.1 Å². The zero-order valence-corrected chi connectivity index (χ0v) is 18.1. The maximum Gasteiger partial charge on any atom is 0.247 e. The highest BCUT2D eigenvalue weighted by molar-refractivity contribution is 5.94. The molecule has 0 saturated carbocycles. The molecule has 0 aliphatic heterocycles. The number of anilines is 1. The second-order valence-electron chi connectivity index (χ2n) is 7.54. The average molecular weight is 438 g/mol. The molecule has 2 aromatic heterocycles. The molecule has 1 atom stereocenters. The van der Waals surface area contributed by atoms with Crippen LogP contribution in [0.4, 0.5) is 5.82 Å². The molecule has 2 aromatic carbocycles. The maximum absolute atomic E-state index is 13.1. The van der Waals surface area contributed by atoms with E-state index in [4.69, 9.17) is 5.26 Å². The van der Waals surface area contributed by atoms with Crippen molar-refractivity contribution in [1.29, 1.82) is 5.26 Å². The first-order valence-electron chi connectivity index (χ1n) is 10.5. The van der Waals surface area contributed by atoms with Crippen molar-refractivity contribution in [3.8, 4) is 17.3 Å². The van der Waals surface area contributed by atoms with Crippen LogP contribution in [0.3, 0.4) is 0 Å². The van der Waals surface area contributed by atoms with Crippen LogP contribution in [0.25, 0.3) is 11.3 Å². The van der Waals surface area contributed by atoms with Crippen LogP contribution in [0.5, 0.6) is 0 Å². The summed E-state index contributed by atoms with van der Waals surface area (Å²) in [6.45, 7) is 0.588. The fourth-order valence-corrected chi connectivity index (χ4v) is 3.41. The van der Waals surface area contributed by atoms with Crippen molar-refractivity contribution in [2.24, 2.45) is 7.05 Å². The summed E-state index contributed by atoms with van der Waals surface area (Å²) in [7, 11) is 1.84. The summed E-state index contributed by atoms with van der Waals surface area (Å²) in [6, 6.07) is 18.6. The fraction of sp³-hybridized carbons (Fsp3) is 0.160. The number of amides is 1. The van der Waals surface area contributed by atoms with Gasteiger partial charge < -0.3 is 10.6 Å². The quantitative estimate of drug-likeness (QED) is 0.438. The number of nitriles is 1. The minimum atomic E-state index is -0.551. The van der Waals surface area contributed by atoms with E-state index in [2.05, 4.69) is 31.8 Å². The first-order chi connectivity index (χ1) is 16.1. The van der Waals surface area contributed by atoms with E-state index in [0.717, 1.165) is 23.1 Å². The molecule has 1 amide bonds. The first-order valence-corrected chi connectivity index (χ1v) is 10.5. The zero-order valence-electron chi connectivity index (χ0n) is 18.1. The number of rotatable bonds is 8. The lowest BCUT2D eigenvalue weighted by Crippen LogP contribution is -2.34. The van der Waals surface area contributed by atoms with Gasteiger partial charge in [0, 0.05) is 25.4 Å². The Labute approximate surface area is 191 Å². The molecule has 0 saturated heterocycles. The van der Waals surface area contributed by atoms with Crippen molar-refractivity contribution in [2.75, 3.05) is 11.9 Å². The summed E-state index contributed by atoms with van der Waals surface area (Å²) in [6.07, 6.45) is 7.44. The maximum atomic E-state index is 13.1. The van der Waals surface area contributed by atoms with Gasteiger partial charge in [-0.25, -0.2) is 4.98 Å². The highest BCUT2D eigenvalue weighted by Crippen LogP contribution is 2.18. The van der Waals surface area contributed by atoms with E-state index in [1.807, 2.05) is 55.7 Å². The third kappa shape index (κ3) is 5.67. The number of nitrogens with one attached hydrogen (secondary N) is 2. The monoisotopic (exact) mass is 437 g/mol. The number of hydrogen-bond acceptors (Lipinski definition) is 6. The van der Waals surface area contributed by atoms with Gasteiger partial charge in [-0.2, -0.15) is 10.4 Å². The predicted molar refractivity (Wildman–Crippen MR) is 125 cm³/mol. The fourth-order valence-electron chi connectivity index (χ4n) is 3.41. The Balaban J connectivity index is 1.42. The Morgan fingerprint density at radius 1 is 1.06 bits per heavy atom. The van der Waals surface area contributed by atoms with Gasteiger partial charge in [0.1, 0.15) is 6.04 Å². The number of aryl methyl sites for hydroxylation is 1. The van der Waals surface area contributed by atoms with Gasteiger partial charge in [0.15, 0.2) is 5.82 Å². The zero-order chi connectivity index (χ0) is 23.0. The second kappa shape index (κ2) is 10.3. The number of hydrogen-bond donors (Lipinski definition) is 2. The summed E-state index contributed by atoms with van der Waals surface area (Å²) < 4.78 is 1.70. The highest BCUT2D eigenvalue weighted by Gasteiger charge is 2.20. The number of nitrogens with zero attached hydrogens (tertiary/aromatic N) is 5. The number of benzene rings is 2. The van der Waals surface area contributed by atoms with Crippen molar-refractivity contribution in [3.05, 3.63) is 96.1 Å². The third-order valence-corrected chi connectivity index (χ3v) is 5.14. The molecule has 0 unspecified atom stereocenters. The molecule has 8 nitrogen and oxygen atoms in total. The molecule has 2 N–H and O–H groups in total. The third-order valence-electron chi connectivity index (χ3n) is 5.14. The van der Waals surface area contributed by atoms with Gasteiger partial charge in [0.05, 0.1) is 35.9 Å². The topological polar surface area (TPSA) is 109 Å². The SMILES string of the molecule is Cn1cc(-c2cnc(NC(=O)[C@H](NCCc3ccc(C#N)cc3)c3ccccc3)cn2)cn1. The van der Waals surface area contributed by atoms with E-state index in [1.54, 1.807) is 35.4 Å². The lowest BCUT2D eigenvalue weighted by Gasteiger charge is -2.19. The minimum absolute atomic E-state index is 0.218. The molecule has 0 spiro atoms. The van der Waals surface area contributed by atoms with Gasteiger partial charge in [-0.15, -0.1) is 0 Å². The largest absolute Gasteiger partial charge is 0.308 e. The number of carbonyl (C=O) groups is 1. The first kappa shape index (κ1) is 21.9. The molecule has 33 heavy (non-hydrogen) atoms. The van der Waals surface area contributed by atoms with E-state index < -0.39 is 6.04 Å². The van der Waals surface area contributed by atoms with Gasteiger partial charge in [0.2, 0.25) is 5.91 Å². The molecule has 0 fully saturated rings. The summed E-state index contributed by atoms with van der Waals surface area (Å²) in [5.74, 6) is 0.159. The molecular weight excluding hydrogens is 414 g/mol. The molecule has 2 heterocycles. The molecule has 0 aliphatic rings. The van der Waals surface area contributed by atoms with Gasteiger partial charge >= 0.3 is 0 Å². The molecule has 4 aromatic rings. The van der Waals surface area contributed by atoms with Crippen LogP contribution < -0.4 is 10.6 Å². The molecule has 0 bridgehead atoms. The average Bonchev–Trinajstić information content (AvgIpc) is 3.29. The van der Waals surface area contributed by atoms with E-state index in [-0.39, 0.29) is 5.91 Å². The van der Waals surface area contributed by atoms with Gasteiger partial charge in [0.25, 0.3) is 0 Å². The van der Waals surface area contributed by atoms with Crippen LogP contribution in [0.15, 0.2) is 79.4 Å². The van der Waals surface area contributed by atoms with Crippen molar-refractivity contribution >= 4 is 11.7 Å². The molecule has 0 aliphatic carbocycles. The smallest absolute Gasteiger partial charge is 0.247 e.